The number of nitrogens with one attached hydrogen (secondary N) is 1. The molecule has 1 aromatic carbocycles. The molecule has 2 rings (SSSR count). The van der Waals surface area contributed by atoms with Crippen molar-refractivity contribution in [2.75, 3.05) is 13.6 Å². The average Bonchev–Trinajstić information content (AvgIpc) is 2.89. The second kappa shape index (κ2) is 6.69. The first-order valence-corrected chi connectivity index (χ1v) is 7.07. The number of ketones is 1. The predicted molar refractivity (Wildman–Crippen MR) is 75.0 cm³/mol. The summed E-state index contributed by atoms with van der Waals surface area (Å²) < 4.78 is 0. The Hall–Kier alpha value is -1.15. The molecule has 0 unspecified atom stereocenters. The van der Waals surface area contributed by atoms with E-state index >= 15 is 0 Å². The van der Waals surface area contributed by atoms with Gasteiger partial charge in [-0.15, -0.1) is 0 Å². The Kier molecular flexibility index (Phi) is 4.94. The van der Waals surface area contributed by atoms with Crippen LogP contribution in [0.3, 0.4) is 0 Å². The zero-order chi connectivity index (χ0) is 12.8. The summed E-state index contributed by atoms with van der Waals surface area (Å²) in [5, 5.41) is 3.14. The summed E-state index contributed by atoms with van der Waals surface area (Å²) in [5.41, 5.74) is 2.13. The molecule has 0 atom stereocenters. The number of likely N-dealkylation sites (N-methyl/N-ethyl adjacent to an activating group) is 1. The molecule has 18 heavy (non-hydrogen) atoms. The molecule has 0 saturated heterocycles. The molecule has 0 aliphatic heterocycles. The second-order valence-electron chi connectivity index (χ2n) is 5.29. The Balaban J connectivity index is 2.03. The molecule has 1 aliphatic rings. The van der Waals surface area contributed by atoms with Gasteiger partial charge in [0.2, 0.25) is 0 Å². The number of Topliss-reactive ketones (excluding diaryl/α,β-unsaturated/α-hetero) is 1. The molecule has 98 valence electrons. The maximum Gasteiger partial charge on any atom is 0.163 e. The van der Waals surface area contributed by atoms with Crippen LogP contribution < -0.4 is 5.32 Å². The largest absolute Gasteiger partial charge is 0.319 e. The molecule has 1 saturated carbocycles. The standard InChI is InChI=1S/C16H23NO/c1-17-11-10-14-8-4-5-9-15(14)16(18)12-13-6-2-3-7-13/h4-5,8-9,13,17H,2-3,6-7,10-12H2,1H3. The minimum Gasteiger partial charge on any atom is -0.319 e. The summed E-state index contributed by atoms with van der Waals surface area (Å²) in [5.74, 6) is 0.975. The van der Waals surface area contributed by atoms with Crippen molar-refractivity contribution >= 4 is 5.78 Å². The van der Waals surface area contributed by atoms with Crippen molar-refractivity contribution in [3.05, 3.63) is 35.4 Å². The fourth-order valence-corrected chi connectivity index (χ4v) is 2.86. The van der Waals surface area contributed by atoms with Gasteiger partial charge in [0.25, 0.3) is 0 Å². The summed E-state index contributed by atoms with van der Waals surface area (Å²) >= 11 is 0. The number of carbonyl (C=O) groups excluding carboxylic acids is 1. The van der Waals surface area contributed by atoms with Crippen LogP contribution in [0, 0.1) is 5.92 Å². The van der Waals surface area contributed by atoms with Crippen LogP contribution in [-0.4, -0.2) is 19.4 Å². The van der Waals surface area contributed by atoms with Crippen molar-refractivity contribution in [2.45, 2.75) is 38.5 Å². The topological polar surface area (TPSA) is 29.1 Å². The van der Waals surface area contributed by atoms with Crippen molar-refractivity contribution in [3.63, 3.8) is 0 Å². The van der Waals surface area contributed by atoms with Crippen LogP contribution in [0.4, 0.5) is 0 Å². The van der Waals surface area contributed by atoms with Crippen LogP contribution in [0.2, 0.25) is 0 Å². The highest BCUT2D eigenvalue weighted by Gasteiger charge is 2.20. The smallest absolute Gasteiger partial charge is 0.163 e. The Labute approximate surface area is 110 Å². The van der Waals surface area contributed by atoms with E-state index in [0.717, 1.165) is 24.9 Å². The first-order valence-electron chi connectivity index (χ1n) is 7.07. The minimum absolute atomic E-state index is 0.341. The molecule has 1 aliphatic carbocycles. The van der Waals surface area contributed by atoms with E-state index < -0.39 is 0 Å². The highest BCUT2D eigenvalue weighted by Crippen LogP contribution is 2.29. The lowest BCUT2D eigenvalue weighted by atomic mass is 9.93. The quantitative estimate of drug-likeness (QED) is 0.780. The van der Waals surface area contributed by atoms with E-state index in [-0.39, 0.29) is 0 Å². The molecule has 1 fully saturated rings. The van der Waals surface area contributed by atoms with E-state index in [2.05, 4.69) is 11.4 Å². The molecule has 1 N–H and O–H groups in total. The molecular formula is C16H23NO. The Bertz CT molecular complexity index is 394. The van der Waals surface area contributed by atoms with Gasteiger partial charge in [-0.3, -0.25) is 4.79 Å². The summed E-state index contributed by atoms with van der Waals surface area (Å²) in [7, 11) is 1.95. The minimum atomic E-state index is 0.341. The molecule has 0 aromatic heterocycles. The van der Waals surface area contributed by atoms with E-state index in [9.17, 15) is 4.79 Å². The predicted octanol–water partition coefficient (Wildman–Crippen LogP) is 3.21. The van der Waals surface area contributed by atoms with Gasteiger partial charge in [-0.25, -0.2) is 0 Å². The zero-order valence-corrected chi connectivity index (χ0v) is 11.2. The first-order chi connectivity index (χ1) is 8.81. The van der Waals surface area contributed by atoms with Crippen molar-refractivity contribution in [1.29, 1.82) is 0 Å². The van der Waals surface area contributed by atoms with Crippen LogP contribution in [0.1, 0.15) is 48.0 Å². The Morgan fingerprint density at radius 3 is 2.72 bits per heavy atom. The van der Waals surface area contributed by atoms with E-state index in [1.165, 1.54) is 31.2 Å². The highest BCUT2D eigenvalue weighted by molar-refractivity contribution is 5.97. The molecule has 0 amide bonds. The monoisotopic (exact) mass is 245 g/mol. The fourth-order valence-electron chi connectivity index (χ4n) is 2.86. The fraction of sp³-hybridized carbons (Fsp3) is 0.562. The van der Waals surface area contributed by atoms with Gasteiger partial charge in [0.05, 0.1) is 0 Å². The van der Waals surface area contributed by atoms with Gasteiger partial charge in [0.15, 0.2) is 5.78 Å². The van der Waals surface area contributed by atoms with Crippen molar-refractivity contribution in [1.82, 2.24) is 5.32 Å². The van der Waals surface area contributed by atoms with Crippen molar-refractivity contribution < 1.29 is 4.79 Å². The van der Waals surface area contributed by atoms with E-state index in [0.29, 0.717) is 11.7 Å². The number of hydrogen-bond acceptors (Lipinski definition) is 2. The lowest BCUT2D eigenvalue weighted by Gasteiger charge is -2.11. The third-order valence-electron chi connectivity index (χ3n) is 3.91. The van der Waals surface area contributed by atoms with Crippen molar-refractivity contribution in [3.8, 4) is 0 Å². The number of hydrogen-bond donors (Lipinski definition) is 1. The van der Waals surface area contributed by atoms with Gasteiger partial charge in [-0.1, -0.05) is 49.9 Å². The van der Waals surface area contributed by atoms with Gasteiger partial charge < -0.3 is 5.32 Å². The highest BCUT2D eigenvalue weighted by atomic mass is 16.1. The van der Waals surface area contributed by atoms with Crippen LogP contribution in [0.5, 0.6) is 0 Å². The maximum atomic E-state index is 12.4. The number of benzene rings is 1. The van der Waals surface area contributed by atoms with E-state index in [4.69, 9.17) is 0 Å². The molecule has 2 heteroatoms. The van der Waals surface area contributed by atoms with Gasteiger partial charge in [-0.05, 0) is 31.5 Å². The Morgan fingerprint density at radius 1 is 1.28 bits per heavy atom. The van der Waals surface area contributed by atoms with Gasteiger partial charge in [-0.2, -0.15) is 0 Å². The van der Waals surface area contributed by atoms with Crippen LogP contribution in [0.25, 0.3) is 0 Å². The van der Waals surface area contributed by atoms with Gasteiger partial charge >= 0.3 is 0 Å². The molecule has 0 radical (unpaired) electrons. The van der Waals surface area contributed by atoms with Gasteiger partial charge in [0.1, 0.15) is 0 Å². The zero-order valence-electron chi connectivity index (χ0n) is 11.2. The summed E-state index contributed by atoms with van der Waals surface area (Å²) in [6, 6.07) is 8.07. The van der Waals surface area contributed by atoms with E-state index in [1.807, 2.05) is 25.2 Å². The molecule has 0 heterocycles. The SMILES string of the molecule is CNCCc1ccccc1C(=O)CC1CCCC1. The van der Waals surface area contributed by atoms with Crippen molar-refractivity contribution in [2.24, 2.45) is 5.92 Å². The van der Waals surface area contributed by atoms with Gasteiger partial charge in [0, 0.05) is 12.0 Å². The van der Waals surface area contributed by atoms with Crippen LogP contribution in [-0.2, 0) is 6.42 Å². The maximum absolute atomic E-state index is 12.4. The van der Waals surface area contributed by atoms with E-state index in [1.54, 1.807) is 0 Å². The summed E-state index contributed by atoms with van der Waals surface area (Å²) in [6.45, 7) is 0.924. The Morgan fingerprint density at radius 2 is 2.00 bits per heavy atom. The van der Waals surface area contributed by atoms with Crippen LogP contribution >= 0.6 is 0 Å². The third-order valence-corrected chi connectivity index (χ3v) is 3.91. The normalized spacial score (nSPS) is 16.1. The molecule has 0 spiro atoms. The lowest BCUT2D eigenvalue weighted by molar-refractivity contribution is 0.0961. The molecular weight excluding hydrogens is 222 g/mol. The summed E-state index contributed by atoms with van der Waals surface area (Å²) in [6.07, 6.45) is 6.77. The average molecular weight is 245 g/mol. The first kappa shape index (κ1) is 13.3. The lowest BCUT2D eigenvalue weighted by Crippen LogP contribution is -2.14. The van der Waals surface area contributed by atoms with Crippen LogP contribution in [0.15, 0.2) is 24.3 Å². The molecule has 0 bridgehead atoms. The third kappa shape index (κ3) is 3.42. The summed E-state index contributed by atoms with van der Waals surface area (Å²) in [4.78, 5) is 12.4. The number of carbonyl (C=O) groups is 1. The molecule has 2 nitrogen and oxygen atoms in total. The second-order valence-corrected chi connectivity index (χ2v) is 5.29. The number of rotatable bonds is 6. The molecule has 1 aromatic rings.